The molecule has 0 aromatic carbocycles. The molecule has 0 aromatic rings. The van der Waals surface area contributed by atoms with Gasteiger partial charge in [-0.05, 0) is 43.4 Å². The van der Waals surface area contributed by atoms with Crippen molar-refractivity contribution < 1.29 is 4.79 Å². The highest BCUT2D eigenvalue weighted by Crippen LogP contribution is 2.42. The van der Waals surface area contributed by atoms with Crippen LogP contribution in [-0.2, 0) is 4.79 Å². The summed E-state index contributed by atoms with van der Waals surface area (Å²) in [6.45, 7) is 10.1. The van der Waals surface area contributed by atoms with E-state index < -0.39 is 0 Å². The lowest BCUT2D eigenvalue weighted by Gasteiger charge is -2.23. The normalized spacial score (nSPS) is 22.7. The molecule has 1 rings (SSSR count). The Kier molecular flexibility index (Phi) is 6.45. The molecule has 1 saturated carbocycles. The molecule has 1 fully saturated rings. The number of hydrogen-bond donors (Lipinski definition) is 0. The first-order valence-electron chi connectivity index (χ1n) is 7.45. The lowest BCUT2D eigenvalue weighted by atomic mass is 10.1. The van der Waals surface area contributed by atoms with E-state index in [4.69, 9.17) is 0 Å². The van der Waals surface area contributed by atoms with Crippen LogP contribution in [0.2, 0.25) is 0 Å². The lowest BCUT2D eigenvalue weighted by Crippen LogP contribution is -2.34. The quantitative estimate of drug-likeness (QED) is 0.600. The number of hydrogen-bond acceptors (Lipinski definition) is 1. The van der Waals surface area contributed by atoms with Gasteiger partial charge in [0.05, 0.1) is 0 Å². The molecular weight excluding hydrogens is 222 g/mol. The molecule has 0 radical (unpaired) electrons. The Bertz CT molecular complexity index is 283. The summed E-state index contributed by atoms with van der Waals surface area (Å²) >= 11 is 0. The van der Waals surface area contributed by atoms with Gasteiger partial charge in [0, 0.05) is 20.0 Å². The number of rotatable bonds is 8. The van der Waals surface area contributed by atoms with Crippen LogP contribution in [0.5, 0.6) is 0 Å². The molecule has 0 saturated heterocycles. The van der Waals surface area contributed by atoms with Crippen LogP contribution in [0.1, 0.15) is 53.4 Å². The average Bonchev–Trinajstić information content (AvgIpc) is 3.01. The summed E-state index contributed by atoms with van der Waals surface area (Å²) in [7, 11) is 0. The van der Waals surface area contributed by atoms with Crippen molar-refractivity contribution in [3.8, 4) is 0 Å². The van der Waals surface area contributed by atoms with E-state index in [0.29, 0.717) is 5.92 Å². The molecule has 1 aliphatic rings. The van der Waals surface area contributed by atoms with Crippen molar-refractivity contribution in [1.29, 1.82) is 0 Å². The van der Waals surface area contributed by atoms with E-state index >= 15 is 0 Å². The van der Waals surface area contributed by atoms with Crippen molar-refractivity contribution in [1.82, 2.24) is 4.90 Å². The summed E-state index contributed by atoms with van der Waals surface area (Å²) in [4.78, 5) is 13.6. The predicted molar refractivity (Wildman–Crippen MR) is 77.4 cm³/mol. The zero-order chi connectivity index (χ0) is 13.5. The number of carbonyl (C=O) groups excluding carboxylic acids is 1. The number of amides is 1. The summed E-state index contributed by atoms with van der Waals surface area (Å²) in [6.07, 6.45) is 9.51. The van der Waals surface area contributed by atoms with Gasteiger partial charge >= 0.3 is 0 Å². The molecule has 2 atom stereocenters. The Morgan fingerprint density at radius 1 is 1.33 bits per heavy atom. The van der Waals surface area contributed by atoms with Crippen LogP contribution in [0.3, 0.4) is 0 Å². The van der Waals surface area contributed by atoms with E-state index in [2.05, 4.69) is 32.9 Å². The first-order chi connectivity index (χ1) is 8.54. The molecule has 0 heterocycles. The van der Waals surface area contributed by atoms with Gasteiger partial charge in [0.15, 0.2) is 0 Å². The molecule has 0 bridgehead atoms. The Hall–Kier alpha value is -0.790. The second-order valence-corrected chi connectivity index (χ2v) is 6.03. The van der Waals surface area contributed by atoms with Crippen LogP contribution < -0.4 is 0 Å². The maximum Gasteiger partial charge on any atom is 0.219 e. The van der Waals surface area contributed by atoms with Crippen molar-refractivity contribution in [2.75, 3.05) is 13.1 Å². The summed E-state index contributed by atoms with van der Waals surface area (Å²) < 4.78 is 0. The van der Waals surface area contributed by atoms with Gasteiger partial charge in [-0.1, -0.05) is 32.9 Å². The molecule has 104 valence electrons. The smallest absolute Gasteiger partial charge is 0.219 e. The van der Waals surface area contributed by atoms with Crippen LogP contribution in [0.25, 0.3) is 0 Å². The van der Waals surface area contributed by atoms with E-state index in [-0.39, 0.29) is 5.91 Å². The number of carbonyl (C=O) groups is 1. The van der Waals surface area contributed by atoms with Crippen LogP contribution in [-0.4, -0.2) is 23.9 Å². The van der Waals surface area contributed by atoms with Gasteiger partial charge in [0.25, 0.3) is 0 Å². The maximum absolute atomic E-state index is 11.6. The highest BCUT2D eigenvalue weighted by Gasteiger charge is 2.37. The fourth-order valence-electron chi connectivity index (χ4n) is 2.54. The van der Waals surface area contributed by atoms with E-state index in [9.17, 15) is 4.79 Å². The van der Waals surface area contributed by atoms with Gasteiger partial charge in [0.2, 0.25) is 5.91 Å². The van der Waals surface area contributed by atoms with Crippen molar-refractivity contribution in [3.63, 3.8) is 0 Å². The van der Waals surface area contributed by atoms with E-state index in [1.807, 2.05) is 4.90 Å². The lowest BCUT2D eigenvalue weighted by molar-refractivity contribution is -0.129. The van der Waals surface area contributed by atoms with E-state index in [1.165, 1.54) is 19.3 Å². The number of allylic oxidation sites excluding steroid dienone is 2. The maximum atomic E-state index is 11.6. The predicted octanol–water partition coefficient (Wildman–Crippen LogP) is 3.87. The van der Waals surface area contributed by atoms with Gasteiger partial charge < -0.3 is 4.90 Å². The van der Waals surface area contributed by atoms with Gasteiger partial charge in [-0.25, -0.2) is 0 Å². The fourth-order valence-corrected chi connectivity index (χ4v) is 2.54. The third kappa shape index (κ3) is 5.70. The largest absolute Gasteiger partial charge is 0.342 e. The molecule has 0 unspecified atom stereocenters. The molecule has 0 aliphatic heterocycles. The summed E-state index contributed by atoms with van der Waals surface area (Å²) in [5.41, 5.74) is 0. The molecular formula is C16H29NO. The van der Waals surface area contributed by atoms with E-state index in [1.54, 1.807) is 6.92 Å². The SMILES string of the molecule is CC/C=C\CC[C@H]1C[C@H]1CN(CC(C)C)C(C)=O. The minimum atomic E-state index is 0.236. The molecule has 1 aliphatic carbocycles. The van der Waals surface area contributed by atoms with Crippen molar-refractivity contribution in [3.05, 3.63) is 12.2 Å². The zero-order valence-electron chi connectivity index (χ0n) is 12.5. The van der Waals surface area contributed by atoms with Crippen LogP contribution >= 0.6 is 0 Å². The highest BCUT2D eigenvalue weighted by atomic mass is 16.2. The second kappa shape index (κ2) is 7.60. The second-order valence-electron chi connectivity index (χ2n) is 6.03. The molecule has 2 nitrogen and oxygen atoms in total. The van der Waals surface area contributed by atoms with Gasteiger partial charge in [-0.3, -0.25) is 4.79 Å². The summed E-state index contributed by atoms with van der Waals surface area (Å²) in [5, 5.41) is 0. The molecule has 1 amide bonds. The Morgan fingerprint density at radius 3 is 2.61 bits per heavy atom. The average molecular weight is 251 g/mol. The van der Waals surface area contributed by atoms with Crippen LogP contribution in [0.15, 0.2) is 12.2 Å². The van der Waals surface area contributed by atoms with Crippen LogP contribution in [0, 0.1) is 17.8 Å². The minimum Gasteiger partial charge on any atom is -0.342 e. The molecule has 2 heteroatoms. The third-order valence-corrected chi connectivity index (χ3v) is 3.66. The Labute approximate surface area is 112 Å². The molecule has 0 N–H and O–H groups in total. The van der Waals surface area contributed by atoms with Gasteiger partial charge in [0.1, 0.15) is 0 Å². The standard InChI is InChI=1S/C16H29NO/c1-5-6-7-8-9-15-10-16(15)12-17(14(4)18)11-13(2)3/h6-7,13,15-16H,5,8-12H2,1-4H3/b7-6-/t15-,16-/m0/s1. The van der Waals surface area contributed by atoms with Crippen molar-refractivity contribution in [2.24, 2.45) is 17.8 Å². The van der Waals surface area contributed by atoms with Crippen molar-refractivity contribution in [2.45, 2.75) is 53.4 Å². The Morgan fingerprint density at radius 2 is 2.06 bits per heavy atom. The third-order valence-electron chi connectivity index (χ3n) is 3.66. The molecule has 0 aromatic heterocycles. The fraction of sp³-hybridized carbons (Fsp3) is 0.812. The monoisotopic (exact) mass is 251 g/mol. The van der Waals surface area contributed by atoms with Gasteiger partial charge in [-0.15, -0.1) is 0 Å². The topological polar surface area (TPSA) is 20.3 Å². The van der Waals surface area contributed by atoms with Gasteiger partial charge in [-0.2, -0.15) is 0 Å². The van der Waals surface area contributed by atoms with E-state index in [0.717, 1.165) is 31.3 Å². The first-order valence-corrected chi connectivity index (χ1v) is 7.45. The van der Waals surface area contributed by atoms with Crippen molar-refractivity contribution >= 4 is 5.91 Å². The van der Waals surface area contributed by atoms with Crippen LogP contribution in [0.4, 0.5) is 0 Å². The number of nitrogens with zero attached hydrogens (tertiary/aromatic N) is 1. The molecule has 18 heavy (non-hydrogen) atoms. The summed E-state index contributed by atoms with van der Waals surface area (Å²) in [6, 6.07) is 0. The first kappa shape index (κ1) is 15.3. The zero-order valence-corrected chi connectivity index (χ0v) is 12.5. The Balaban J connectivity index is 2.23. The summed E-state index contributed by atoms with van der Waals surface area (Å²) in [5.74, 6) is 2.43. The highest BCUT2D eigenvalue weighted by molar-refractivity contribution is 5.73. The minimum absolute atomic E-state index is 0.236. The molecule has 0 spiro atoms.